The Balaban J connectivity index is 0.000000294. The maximum atomic E-state index is 11.1. The molecule has 0 aromatic rings. The monoisotopic (exact) mass is 388 g/mol. The Morgan fingerprint density at radius 1 is 1.15 bits per heavy atom. The number of rotatable bonds is 10. The van der Waals surface area contributed by atoms with Crippen LogP contribution in [0.2, 0.25) is 0 Å². The third kappa shape index (κ3) is 7.85. The third-order valence-electron chi connectivity index (χ3n) is 4.69. The number of nitrogens with one attached hydrogen (secondary N) is 2. The lowest BCUT2D eigenvalue weighted by Crippen LogP contribution is -2.36. The molecule has 150 valence electrons. The first kappa shape index (κ1) is 22.6. The zero-order valence-electron chi connectivity index (χ0n) is 15.7. The van der Waals surface area contributed by atoms with E-state index in [0.717, 1.165) is 50.7 Å². The van der Waals surface area contributed by atoms with Gasteiger partial charge in [-0.3, -0.25) is 9.59 Å². The number of amides is 2. The summed E-state index contributed by atoms with van der Waals surface area (Å²) in [5.74, 6) is -0.501. The largest absolute Gasteiger partial charge is 0.481 e. The quantitative estimate of drug-likeness (QED) is 0.338. The van der Waals surface area contributed by atoms with Gasteiger partial charge in [-0.2, -0.15) is 11.8 Å². The number of carbonyl (C=O) groups excluding carboxylic acids is 1. The summed E-state index contributed by atoms with van der Waals surface area (Å²) in [6, 6.07) is 0.440. The van der Waals surface area contributed by atoms with Crippen LogP contribution in [0.5, 0.6) is 0 Å². The molecule has 2 saturated heterocycles. The lowest BCUT2D eigenvalue weighted by atomic mass is 9.99. The molecule has 2 amide bonds. The Morgan fingerprint density at radius 2 is 1.81 bits per heavy atom. The van der Waals surface area contributed by atoms with E-state index in [-0.39, 0.29) is 30.5 Å². The summed E-state index contributed by atoms with van der Waals surface area (Å²) in [4.78, 5) is 31.9. The number of thioether (sulfide) groups is 1. The Hall–Kier alpha value is -1.44. The van der Waals surface area contributed by atoms with Crippen LogP contribution in [0.25, 0.3) is 0 Å². The van der Waals surface area contributed by atoms with Gasteiger partial charge in [-0.15, -0.1) is 0 Å². The minimum Gasteiger partial charge on any atom is -0.481 e. The number of urea groups is 1. The van der Waals surface area contributed by atoms with Gasteiger partial charge in [0.05, 0.1) is 18.0 Å². The highest BCUT2D eigenvalue weighted by atomic mass is 32.2. The number of hydrogen-bond donors (Lipinski definition) is 4. The molecule has 2 aliphatic heterocycles. The van der Waals surface area contributed by atoms with Gasteiger partial charge in [-0.05, 0) is 25.7 Å². The molecule has 0 radical (unpaired) electrons. The first-order chi connectivity index (χ1) is 12.4. The molecule has 0 aromatic carbocycles. The second-order valence-electron chi connectivity index (χ2n) is 6.87. The van der Waals surface area contributed by atoms with Crippen LogP contribution in [0.15, 0.2) is 0 Å². The topological polar surface area (TPSA) is 116 Å². The normalized spacial score (nSPS) is 23.7. The van der Waals surface area contributed by atoms with E-state index in [0.29, 0.717) is 5.25 Å². The van der Waals surface area contributed by atoms with E-state index < -0.39 is 11.9 Å². The first-order valence-corrected chi connectivity index (χ1v) is 10.6. The predicted molar refractivity (Wildman–Crippen MR) is 103 cm³/mol. The Labute approximate surface area is 159 Å². The summed E-state index contributed by atoms with van der Waals surface area (Å²) in [5.41, 5.74) is 0. The minimum atomic E-state index is -0.729. The van der Waals surface area contributed by atoms with Crippen LogP contribution >= 0.6 is 11.8 Å². The van der Waals surface area contributed by atoms with Crippen molar-refractivity contribution in [1.29, 1.82) is 0 Å². The molecule has 0 unspecified atom stereocenters. The smallest absolute Gasteiger partial charge is 0.315 e. The highest BCUT2D eigenvalue weighted by Gasteiger charge is 2.42. The van der Waals surface area contributed by atoms with E-state index in [2.05, 4.69) is 10.6 Å². The van der Waals surface area contributed by atoms with E-state index in [4.69, 9.17) is 10.2 Å². The van der Waals surface area contributed by atoms with E-state index in [9.17, 15) is 14.4 Å². The number of carboxylic acid groups (broad SMARTS) is 2. The fourth-order valence-electron chi connectivity index (χ4n) is 3.35. The fraction of sp³-hybridized carbons (Fsp3) is 0.833. The van der Waals surface area contributed by atoms with Gasteiger partial charge in [0.2, 0.25) is 0 Å². The van der Waals surface area contributed by atoms with Crippen LogP contribution in [0.4, 0.5) is 4.79 Å². The van der Waals surface area contributed by atoms with E-state index in [1.807, 2.05) is 25.6 Å². The molecule has 4 N–H and O–H groups in total. The number of carbonyl (C=O) groups is 3. The highest BCUT2D eigenvalue weighted by molar-refractivity contribution is 8.00. The van der Waals surface area contributed by atoms with Crippen LogP contribution < -0.4 is 10.6 Å². The Kier molecular flexibility index (Phi) is 10.5. The van der Waals surface area contributed by atoms with Crippen molar-refractivity contribution in [2.75, 3.05) is 5.75 Å². The summed E-state index contributed by atoms with van der Waals surface area (Å²) in [6.45, 7) is 4.04. The summed E-state index contributed by atoms with van der Waals surface area (Å²) in [7, 11) is 0. The van der Waals surface area contributed by atoms with Crippen molar-refractivity contribution in [3.8, 4) is 0 Å². The Bertz CT molecular complexity index is 468. The summed E-state index contributed by atoms with van der Waals surface area (Å²) in [6.07, 6.45) is 6.46. The number of fused-ring (bicyclic) bond motifs is 1. The van der Waals surface area contributed by atoms with Crippen LogP contribution in [-0.2, 0) is 9.59 Å². The molecule has 3 atom stereocenters. The van der Waals surface area contributed by atoms with Crippen molar-refractivity contribution in [3.05, 3.63) is 0 Å². The van der Waals surface area contributed by atoms with Gasteiger partial charge < -0.3 is 20.8 Å². The molecule has 8 heteroatoms. The van der Waals surface area contributed by atoms with Crippen LogP contribution in [0.1, 0.15) is 65.2 Å². The van der Waals surface area contributed by atoms with Crippen molar-refractivity contribution in [2.24, 2.45) is 5.92 Å². The zero-order chi connectivity index (χ0) is 19.5. The van der Waals surface area contributed by atoms with E-state index in [1.165, 1.54) is 0 Å². The van der Waals surface area contributed by atoms with Crippen molar-refractivity contribution < 1.29 is 24.6 Å². The van der Waals surface area contributed by atoms with Crippen LogP contribution in [0.3, 0.4) is 0 Å². The lowest BCUT2D eigenvalue weighted by Gasteiger charge is -2.16. The van der Waals surface area contributed by atoms with E-state index >= 15 is 0 Å². The van der Waals surface area contributed by atoms with Gasteiger partial charge in [0, 0.05) is 17.4 Å². The number of aliphatic carboxylic acids is 2. The van der Waals surface area contributed by atoms with Crippen LogP contribution in [-0.4, -0.2) is 51.3 Å². The van der Waals surface area contributed by atoms with E-state index in [1.54, 1.807) is 0 Å². The number of unbranched alkanes of at least 4 members (excludes halogenated alkanes) is 1. The average Bonchev–Trinajstić information content (AvgIpc) is 3.11. The van der Waals surface area contributed by atoms with Crippen LogP contribution in [0, 0.1) is 5.92 Å². The molecule has 2 fully saturated rings. The minimum absolute atomic E-state index is 0.0640. The zero-order valence-corrected chi connectivity index (χ0v) is 16.5. The predicted octanol–water partition coefficient (Wildman–Crippen LogP) is 3.08. The molecule has 2 heterocycles. The SMILES string of the molecule is CCCC(CCC)C(=O)O.O=C(O)CCCC[C@@H]1SC[C@@H]2NC(=O)N[C@@H]21. The average molecular weight is 389 g/mol. The van der Waals surface area contributed by atoms with Gasteiger partial charge >= 0.3 is 18.0 Å². The second kappa shape index (κ2) is 12.0. The number of hydrogen-bond acceptors (Lipinski definition) is 4. The Morgan fingerprint density at radius 3 is 2.35 bits per heavy atom. The fourth-order valence-corrected chi connectivity index (χ4v) is 4.90. The third-order valence-corrected chi connectivity index (χ3v) is 6.20. The van der Waals surface area contributed by atoms with Crippen molar-refractivity contribution in [2.45, 2.75) is 82.5 Å². The van der Waals surface area contributed by atoms with Crippen molar-refractivity contribution >= 4 is 29.7 Å². The summed E-state index contributed by atoms with van der Waals surface area (Å²) in [5, 5.41) is 23.4. The van der Waals surface area contributed by atoms with Gasteiger partial charge in [0.1, 0.15) is 0 Å². The molecule has 0 aliphatic carbocycles. The van der Waals surface area contributed by atoms with Crippen molar-refractivity contribution in [3.63, 3.8) is 0 Å². The van der Waals surface area contributed by atoms with Gasteiger partial charge in [0.15, 0.2) is 0 Å². The van der Waals surface area contributed by atoms with Crippen molar-refractivity contribution in [1.82, 2.24) is 10.6 Å². The second-order valence-corrected chi connectivity index (χ2v) is 8.15. The first-order valence-electron chi connectivity index (χ1n) is 9.52. The lowest BCUT2D eigenvalue weighted by molar-refractivity contribution is -0.142. The molecular weight excluding hydrogens is 356 g/mol. The molecule has 26 heavy (non-hydrogen) atoms. The maximum absolute atomic E-state index is 11.1. The summed E-state index contributed by atoms with van der Waals surface area (Å²) < 4.78 is 0. The highest BCUT2D eigenvalue weighted by Crippen LogP contribution is 2.33. The number of carboxylic acids is 2. The molecule has 0 bridgehead atoms. The molecule has 0 spiro atoms. The standard InChI is InChI=1S/C10H16N2O3S.C8H16O2/c13-8(14)4-2-1-3-7-9-6(5-16-7)11-10(15)12-9;1-3-5-7(6-4-2)8(9)10/h6-7,9H,1-5H2,(H,13,14)(H2,11,12,15);7H,3-6H2,1-2H3,(H,9,10)/t6-,7-,9-;/m0./s1. The molecular formula is C18H32N2O5S. The molecule has 2 aliphatic rings. The van der Waals surface area contributed by atoms with Gasteiger partial charge in [0.25, 0.3) is 0 Å². The summed E-state index contributed by atoms with van der Waals surface area (Å²) >= 11 is 1.87. The molecule has 2 rings (SSSR count). The molecule has 7 nitrogen and oxygen atoms in total. The van der Waals surface area contributed by atoms with Gasteiger partial charge in [-0.1, -0.05) is 33.1 Å². The molecule has 0 saturated carbocycles. The maximum Gasteiger partial charge on any atom is 0.315 e. The molecule has 0 aromatic heterocycles. The van der Waals surface area contributed by atoms with Gasteiger partial charge in [-0.25, -0.2) is 4.79 Å².